The largest absolute Gasteiger partial charge is 0.370 e. The highest BCUT2D eigenvalue weighted by Crippen LogP contribution is 1.89. The third-order valence-corrected chi connectivity index (χ3v) is 1.15. The normalized spacial score (nSPS) is 12.3. The van der Waals surface area contributed by atoms with E-state index < -0.39 is 6.04 Å². The molecule has 0 rings (SSSR count). The Labute approximate surface area is 72.2 Å². The number of rotatable bonds is 3. The van der Waals surface area contributed by atoms with Crippen LogP contribution in [0.1, 0.15) is 20.8 Å². The van der Waals surface area contributed by atoms with Gasteiger partial charge < -0.3 is 16.8 Å². The maximum atomic E-state index is 11.2. The molecule has 5 N–H and O–H groups in total. The number of hydrogen-bond donors (Lipinski definition) is 3. The smallest absolute Gasteiger partial charge is 0.244 e. The Balaban J connectivity index is 4.02. The first-order chi connectivity index (χ1) is 5.43. The van der Waals surface area contributed by atoms with E-state index in [2.05, 4.69) is 10.3 Å². The molecule has 5 nitrogen and oxygen atoms in total. The van der Waals surface area contributed by atoms with Crippen LogP contribution < -0.4 is 16.8 Å². The lowest BCUT2D eigenvalue weighted by Gasteiger charge is -2.10. The van der Waals surface area contributed by atoms with Crippen molar-refractivity contribution in [2.75, 3.05) is 0 Å². The van der Waals surface area contributed by atoms with Crippen LogP contribution in [0.5, 0.6) is 0 Å². The third kappa shape index (κ3) is 4.54. The van der Waals surface area contributed by atoms with Gasteiger partial charge in [-0.1, -0.05) is 0 Å². The molecular formula is C7H16N4O. The number of nitrogens with zero attached hydrogens (tertiary/aromatic N) is 1. The van der Waals surface area contributed by atoms with Crippen molar-refractivity contribution in [1.82, 2.24) is 5.32 Å². The number of nitrogens with one attached hydrogen (secondary N) is 1. The van der Waals surface area contributed by atoms with Gasteiger partial charge >= 0.3 is 0 Å². The molecule has 0 aromatic heterocycles. The minimum Gasteiger partial charge on any atom is -0.370 e. The standard InChI is InChI=1S/C7H16N4O/c1-4(2)10-6(12)5(3)11-7(8)9/h4-5H,1-3H3,(H,10,12)(H4,8,9,11). The number of carbonyl (C=O) groups is 1. The Morgan fingerprint density at radius 2 is 1.83 bits per heavy atom. The molecule has 0 spiro atoms. The maximum absolute atomic E-state index is 11.2. The van der Waals surface area contributed by atoms with Gasteiger partial charge in [0.05, 0.1) is 0 Å². The molecule has 70 valence electrons. The third-order valence-electron chi connectivity index (χ3n) is 1.15. The van der Waals surface area contributed by atoms with Crippen LogP contribution in [-0.4, -0.2) is 24.0 Å². The molecule has 0 radical (unpaired) electrons. The van der Waals surface area contributed by atoms with Crippen LogP contribution in [0.25, 0.3) is 0 Å². The van der Waals surface area contributed by atoms with Gasteiger partial charge in [0.2, 0.25) is 5.91 Å². The van der Waals surface area contributed by atoms with E-state index in [1.165, 1.54) is 0 Å². The van der Waals surface area contributed by atoms with Gasteiger partial charge in [-0.2, -0.15) is 0 Å². The van der Waals surface area contributed by atoms with Crippen LogP contribution in [0.3, 0.4) is 0 Å². The zero-order chi connectivity index (χ0) is 9.72. The maximum Gasteiger partial charge on any atom is 0.244 e. The summed E-state index contributed by atoms with van der Waals surface area (Å²) >= 11 is 0. The SMILES string of the molecule is CC(C)NC(=O)C(C)N=C(N)N. The lowest BCUT2D eigenvalue weighted by molar-refractivity contribution is -0.122. The quantitative estimate of drug-likeness (QED) is 0.383. The van der Waals surface area contributed by atoms with E-state index in [0.29, 0.717) is 0 Å². The summed E-state index contributed by atoms with van der Waals surface area (Å²) in [6.07, 6.45) is 0. The molecular weight excluding hydrogens is 156 g/mol. The van der Waals surface area contributed by atoms with Crippen molar-refractivity contribution in [3.63, 3.8) is 0 Å². The Bertz CT molecular complexity index is 184. The first-order valence-electron chi connectivity index (χ1n) is 3.82. The molecule has 0 aromatic carbocycles. The molecule has 0 fully saturated rings. The Hall–Kier alpha value is -1.26. The molecule has 0 saturated carbocycles. The number of amides is 1. The van der Waals surface area contributed by atoms with Gasteiger partial charge in [0.1, 0.15) is 6.04 Å². The second-order valence-electron chi connectivity index (χ2n) is 2.89. The molecule has 0 aliphatic carbocycles. The van der Waals surface area contributed by atoms with Crippen LogP contribution in [0.4, 0.5) is 0 Å². The molecule has 0 heterocycles. The summed E-state index contributed by atoms with van der Waals surface area (Å²) in [6, 6.07) is -0.411. The first-order valence-corrected chi connectivity index (χ1v) is 3.82. The lowest BCUT2D eigenvalue weighted by atomic mass is 10.3. The molecule has 1 amide bonds. The molecule has 0 aliphatic heterocycles. The van der Waals surface area contributed by atoms with E-state index in [1.54, 1.807) is 6.92 Å². The molecule has 5 heteroatoms. The zero-order valence-corrected chi connectivity index (χ0v) is 7.66. The monoisotopic (exact) mass is 172 g/mol. The summed E-state index contributed by atoms with van der Waals surface area (Å²) in [5.74, 6) is -0.236. The van der Waals surface area contributed by atoms with Gasteiger partial charge in [-0.05, 0) is 20.8 Å². The van der Waals surface area contributed by atoms with Crippen molar-refractivity contribution in [2.45, 2.75) is 32.9 Å². The van der Waals surface area contributed by atoms with Crippen molar-refractivity contribution >= 4 is 11.9 Å². The van der Waals surface area contributed by atoms with Gasteiger partial charge in [-0.3, -0.25) is 4.79 Å². The summed E-state index contributed by atoms with van der Waals surface area (Å²) in [6.45, 7) is 5.39. The number of hydrogen-bond acceptors (Lipinski definition) is 2. The Morgan fingerprint density at radius 3 is 2.17 bits per heavy atom. The van der Waals surface area contributed by atoms with Crippen molar-refractivity contribution in [3.05, 3.63) is 0 Å². The van der Waals surface area contributed by atoms with Crippen molar-refractivity contribution in [1.29, 1.82) is 0 Å². The molecule has 12 heavy (non-hydrogen) atoms. The molecule has 1 atom stereocenters. The van der Waals surface area contributed by atoms with Gasteiger partial charge in [0, 0.05) is 6.04 Å². The highest BCUT2D eigenvalue weighted by atomic mass is 16.2. The van der Waals surface area contributed by atoms with Crippen molar-refractivity contribution in [2.24, 2.45) is 16.5 Å². The minimum atomic E-state index is -0.516. The fourth-order valence-electron chi connectivity index (χ4n) is 0.687. The number of guanidine groups is 1. The number of aliphatic imine (C=N–C) groups is 1. The first kappa shape index (κ1) is 10.7. The molecule has 0 aromatic rings. The van der Waals surface area contributed by atoms with Crippen molar-refractivity contribution in [3.8, 4) is 0 Å². The fourth-order valence-corrected chi connectivity index (χ4v) is 0.687. The molecule has 0 bridgehead atoms. The van der Waals surface area contributed by atoms with Gasteiger partial charge in [-0.25, -0.2) is 4.99 Å². The van der Waals surface area contributed by atoms with E-state index in [4.69, 9.17) is 11.5 Å². The van der Waals surface area contributed by atoms with Gasteiger partial charge in [0.15, 0.2) is 5.96 Å². The second kappa shape index (κ2) is 4.58. The predicted molar refractivity (Wildman–Crippen MR) is 48.6 cm³/mol. The predicted octanol–water partition coefficient (Wildman–Crippen LogP) is -0.827. The zero-order valence-electron chi connectivity index (χ0n) is 7.66. The van der Waals surface area contributed by atoms with E-state index in [1.807, 2.05) is 13.8 Å². The number of nitrogens with two attached hydrogens (primary N) is 2. The van der Waals surface area contributed by atoms with Crippen LogP contribution in [0.2, 0.25) is 0 Å². The molecule has 1 unspecified atom stereocenters. The lowest BCUT2D eigenvalue weighted by Crippen LogP contribution is -2.38. The van der Waals surface area contributed by atoms with E-state index in [-0.39, 0.29) is 17.9 Å². The average molecular weight is 172 g/mol. The summed E-state index contributed by atoms with van der Waals surface area (Å²) in [5.41, 5.74) is 10.2. The molecule has 0 aliphatic rings. The van der Waals surface area contributed by atoms with Gasteiger partial charge in [-0.15, -0.1) is 0 Å². The number of carbonyl (C=O) groups excluding carboxylic acids is 1. The Kier molecular flexibility index (Phi) is 4.10. The highest BCUT2D eigenvalue weighted by Gasteiger charge is 2.11. The summed E-state index contributed by atoms with van der Waals surface area (Å²) < 4.78 is 0. The van der Waals surface area contributed by atoms with E-state index in [9.17, 15) is 4.79 Å². The van der Waals surface area contributed by atoms with Crippen LogP contribution >= 0.6 is 0 Å². The minimum absolute atomic E-state index is 0.0681. The molecule has 0 saturated heterocycles. The van der Waals surface area contributed by atoms with E-state index >= 15 is 0 Å². The summed E-state index contributed by atoms with van der Waals surface area (Å²) in [4.78, 5) is 14.9. The van der Waals surface area contributed by atoms with E-state index in [0.717, 1.165) is 0 Å². The van der Waals surface area contributed by atoms with Crippen LogP contribution in [-0.2, 0) is 4.79 Å². The second-order valence-corrected chi connectivity index (χ2v) is 2.89. The fraction of sp³-hybridized carbons (Fsp3) is 0.714. The van der Waals surface area contributed by atoms with Crippen LogP contribution in [0, 0.1) is 0 Å². The summed E-state index contributed by atoms with van der Waals surface area (Å²) in [5, 5.41) is 2.69. The topological polar surface area (TPSA) is 93.5 Å². The van der Waals surface area contributed by atoms with Crippen molar-refractivity contribution < 1.29 is 4.79 Å². The summed E-state index contributed by atoms with van der Waals surface area (Å²) in [7, 11) is 0. The van der Waals surface area contributed by atoms with Crippen LogP contribution in [0.15, 0.2) is 4.99 Å². The average Bonchev–Trinajstić information content (AvgIpc) is 1.84. The van der Waals surface area contributed by atoms with Gasteiger partial charge in [0.25, 0.3) is 0 Å². The highest BCUT2D eigenvalue weighted by molar-refractivity contribution is 5.85. The Morgan fingerprint density at radius 1 is 1.33 bits per heavy atom.